The number of benzene rings is 2. The summed E-state index contributed by atoms with van der Waals surface area (Å²) in [6, 6.07) is 13.5. The van der Waals surface area contributed by atoms with Gasteiger partial charge >= 0.3 is 0 Å². The Balaban J connectivity index is 1.44. The van der Waals surface area contributed by atoms with Crippen LogP contribution >= 0.6 is 0 Å². The minimum Gasteiger partial charge on any atom is -0.489 e. The predicted octanol–water partition coefficient (Wildman–Crippen LogP) is 4.71. The highest BCUT2D eigenvalue weighted by atomic mass is 19.1. The largest absolute Gasteiger partial charge is 0.489 e. The molecule has 2 aromatic rings. The second kappa shape index (κ2) is 8.31. The average molecular weight is 419 g/mol. The lowest BCUT2D eigenvalue weighted by atomic mass is 9.89. The SMILES string of the molecule is C=CCN1C2CCC1CC(c1ccc(F)cc1)=C(COc1ccc3c(c1)C(=O)NC3)C2. The van der Waals surface area contributed by atoms with E-state index >= 15 is 0 Å². The highest BCUT2D eigenvalue weighted by molar-refractivity contribution is 5.98. The molecule has 0 saturated carbocycles. The maximum Gasteiger partial charge on any atom is 0.252 e. The van der Waals surface area contributed by atoms with Gasteiger partial charge in [-0.1, -0.05) is 24.3 Å². The second-order valence-corrected chi connectivity index (χ2v) is 8.66. The first-order chi connectivity index (χ1) is 15.1. The van der Waals surface area contributed by atoms with Crippen LogP contribution in [0, 0.1) is 5.82 Å². The van der Waals surface area contributed by atoms with Crippen LogP contribution in [0.1, 0.15) is 47.2 Å². The molecule has 5 rings (SSSR count). The molecule has 1 N–H and O–H groups in total. The molecule has 0 aliphatic carbocycles. The van der Waals surface area contributed by atoms with Gasteiger partial charge in [0, 0.05) is 30.7 Å². The third-order valence-corrected chi connectivity index (χ3v) is 6.83. The number of rotatable bonds is 6. The molecule has 0 spiro atoms. The Kier molecular flexibility index (Phi) is 5.36. The van der Waals surface area contributed by atoms with Gasteiger partial charge in [0.25, 0.3) is 5.91 Å². The third kappa shape index (κ3) is 3.90. The second-order valence-electron chi connectivity index (χ2n) is 8.66. The van der Waals surface area contributed by atoms with Crippen LogP contribution in [-0.4, -0.2) is 36.0 Å². The normalized spacial score (nSPS) is 22.8. The molecule has 1 amide bonds. The zero-order valence-electron chi connectivity index (χ0n) is 17.6. The van der Waals surface area contributed by atoms with Gasteiger partial charge in [-0.2, -0.15) is 0 Å². The van der Waals surface area contributed by atoms with Crippen molar-refractivity contribution in [2.45, 2.75) is 44.3 Å². The summed E-state index contributed by atoms with van der Waals surface area (Å²) in [7, 11) is 0. The first-order valence-corrected chi connectivity index (χ1v) is 11.0. The van der Waals surface area contributed by atoms with Crippen LogP contribution in [0.25, 0.3) is 5.57 Å². The zero-order chi connectivity index (χ0) is 21.4. The van der Waals surface area contributed by atoms with E-state index in [9.17, 15) is 9.18 Å². The van der Waals surface area contributed by atoms with Crippen molar-refractivity contribution in [2.75, 3.05) is 13.2 Å². The number of hydrogen-bond donors (Lipinski definition) is 1. The van der Waals surface area contributed by atoms with Gasteiger partial charge in [-0.3, -0.25) is 9.69 Å². The summed E-state index contributed by atoms with van der Waals surface area (Å²) in [5.41, 5.74) is 5.30. The molecule has 2 aromatic carbocycles. The lowest BCUT2D eigenvalue weighted by molar-refractivity contribution is 0.0965. The van der Waals surface area contributed by atoms with Crippen LogP contribution in [0.5, 0.6) is 5.75 Å². The van der Waals surface area contributed by atoms with Crippen LogP contribution in [-0.2, 0) is 6.54 Å². The summed E-state index contributed by atoms with van der Waals surface area (Å²) in [5.74, 6) is 0.444. The Morgan fingerprint density at radius 1 is 1.13 bits per heavy atom. The highest BCUT2D eigenvalue weighted by Gasteiger charge is 2.37. The fourth-order valence-electron chi connectivity index (χ4n) is 5.26. The van der Waals surface area contributed by atoms with Gasteiger partial charge in [0.1, 0.15) is 18.2 Å². The lowest BCUT2D eigenvalue weighted by Gasteiger charge is -2.26. The van der Waals surface area contributed by atoms with E-state index in [-0.39, 0.29) is 11.7 Å². The summed E-state index contributed by atoms with van der Waals surface area (Å²) >= 11 is 0. The third-order valence-electron chi connectivity index (χ3n) is 6.83. The van der Waals surface area contributed by atoms with Crippen LogP contribution < -0.4 is 10.1 Å². The van der Waals surface area contributed by atoms with Gasteiger partial charge in [-0.25, -0.2) is 4.39 Å². The summed E-state index contributed by atoms with van der Waals surface area (Å²) in [6.07, 6.45) is 6.21. The molecule has 2 unspecified atom stereocenters. The highest BCUT2D eigenvalue weighted by Crippen LogP contribution is 2.40. The summed E-state index contributed by atoms with van der Waals surface area (Å²) in [6.45, 7) is 5.88. The van der Waals surface area contributed by atoms with Crippen molar-refractivity contribution in [3.63, 3.8) is 0 Å². The molecule has 1 fully saturated rings. The van der Waals surface area contributed by atoms with Gasteiger partial charge in [-0.05, 0) is 72.2 Å². The van der Waals surface area contributed by atoms with Gasteiger partial charge in [0.2, 0.25) is 0 Å². The van der Waals surface area contributed by atoms with Crippen molar-refractivity contribution in [1.82, 2.24) is 10.2 Å². The van der Waals surface area contributed by atoms with E-state index in [0.29, 0.717) is 36.5 Å². The molecule has 1 saturated heterocycles. The van der Waals surface area contributed by atoms with Gasteiger partial charge in [0.05, 0.1) is 0 Å². The predicted molar refractivity (Wildman–Crippen MR) is 119 cm³/mol. The lowest BCUT2D eigenvalue weighted by Crippen LogP contribution is -2.35. The Morgan fingerprint density at radius 2 is 1.90 bits per heavy atom. The number of carbonyl (C=O) groups is 1. The van der Waals surface area contributed by atoms with Gasteiger partial charge < -0.3 is 10.1 Å². The van der Waals surface area contributed by atoms with Crippen LogP contribution in [0.3, 0.4) is 0 Å². The molecule has 160 valence electrons. The molecule has 3 aliphatic heterocycles. The van der Waals surface area contributed by atoms with E-state index in [1.54, 1.807) is 0 Å². The van der Waals surface area contributed by atoms with Crippen molar-refractivity contribution in [3.8, 4) is 5.75 Å². The van der Waals surface area contributed by atoms with Crippen molar-refractivity contribution in [2.24, 2.45) is 0 Å². The fraction of sp³-hybridized carbons (Fsp3) is 0.346. The van der Waals surface area contributed by atoms with Gasteiger partial charge in [0.15, 0.2) is 0 Å². The maximum atomic E-state index is 13.6. The van der Waals surface area contributed by atoms with Crippen LogP contribution in [0.15, 0.2) is 60.7 Å². The molecule has 4 nitrogen and oxygen atoms in total. The number of halogens is 1. The number of ether oxygens (including phenoxy) is 1. The zero-order valence-corrected chi connectivity index (χ0v) is 17.6. The fourth-order valence-corrected chi connectivity index (χ4v) is 5.26. The van der Waals surface area contributed by atoms with Crippen LogP contribution in [0.4, 0.5) is 4.39 Å². The maximum absolute atomic E-state index is 13.6. The molecule has 5 heteroatoms. The van der Waals surface area contributed by atoms with E-state index < -0.39 is 0 Å². The average Bonchev–Trinajstić information content (AvgIpc) is 3.28. The van der Waals surface area contributed by atoms with Crippen LogP contribution in [0.2, 0.25) is 0 Å². The number of amides is 1. The standard InChI is InChI=1S/C26H27FN2O2/c1-2-11-29-21-8-9-22(29)13-24(17-3-6-20(27)7-4-17)19(12-21)16-31-23-10-5-18-15-28-26(30)25(18)14-23/h2-7,10,14,21-22H,1,8-9,11-13,15-16H2,(H,28,30). The Bertz CT molecular complexity index is 1040. The van der Waals surface area contributed by atoms with E-state index in [1.807, 2.05) is 36.4 Å². The van der Waals surface area contributed by atoms with E-state index in [2.05, 4.69) is 16.8 Å². The number of fused-ring (bicyclic) bond motifs is 3. The molecular weight excluding hydrogens is 391 g/mol. The van der Waals surface area contributed by atoms with E-state index in [4.69, 9.17) is 4.74 Å². The van der Waals surface area contributed by atoms with Crippen molar-refractivity contribution in [3.05, 3.63) is 83.2 Å². The van der Waals surface area contributed by atoms with Crippen molar-refractivity contribution in [1.29, 1.82) is 0 Å². The molecule has 0 aromatic heterocycles. The van der Waals surface area contributed by atoms with Gasteiger partial charge in [-0.15, -0.1) is 6.58 Å². The Labute approximate surface area is 182 Å². The first kappa shape index (κ1) is 20.0. The number of hydrogen-bond acceptors (Lipinski definition) is 3. The molecule has 3 heterocycles. The number of carbonyl (C=O) groups excluding carboxylic acids is 1. The molecule has 0 radical (unpaired) electrons. The Hall–Kier alpha value is -2.92. The smallest absolute Gasteiger partial charge is 0.252 e. The van der Waals surface area contributed by atoms with E-state index in [1.165, 1.54) is 36.1 Å². The minimum absolute atomic E-state index is 0.0430. The molecule has 2 bridgehead atoms. The molecule has 2 atom stereocenters. The molecule has 3 aliphatic rings. The molecular formula is C26H27FN2O2. The minimum atomic E-state index is -0.220. The first-order valence-electron chi connectivity index (χ1n) is 11.0. The summed E-state index contributed by atoms with van der Waals surface area (Å²) in [5, 5.41) is 2.85. The monoisotopic (exact) mass is 418 g/mol. The molecule has 31 heavy (non-hydrogen) atoms. The number of nitrogens with zero attached hydrogens (tertiary/aromatic N) is 1. The quantitative estimate of drug-likeness (QED) is 0.691. The topological polar surface area (TPSA) is 41.6 Å². The summed E-state index contributed by atoms with van der Waals surface area (Å²) < 4.78 is 19.8. The number of nitrogens with one attached hydrogen (secondary N) is 1. The summed E-state index contributed by atoms with van der Waals surface area (Å²) in [4.78, 5) is 14.6. The Morgan fingerprint density at radius 3 is 2.68 bits per heavy atom. The van der Waals surface area contributed by atoms with Crippen molar-refractivity contribution >= 4 is 11.5 Å². The van der Waals surface area contributed by atoms with Crippen molar-refractivity contribution < 1.29 is 13.9 Å². The van der Waals surface area contributed by atoms with E-state index in [0.717, 1.165) is 30.5 Å².